The number of hydrogen-bond donors (Lipinski definition) is 1. The van der Waals surface area contributed by atoms with E-state index in [9.17, 15) is 4.79 Å². The lowest BCUT2D eigenvalue weighted by Crippen LogP contribution is -2.38. The molecule has 2 fully saturated rings. The van der Waals surface area contributed by atoms with Crippen LogP contribution in [-0.2, 0) is 17.3 Å². The maximum atomic E-state index is 12.7. The second-order valence-electron chi connectivity index (χ2n) is 7.30. The zero-order valence-corrected chi connectivity index (χ0v) is 13.8. The summed E-state index contributed by atoms with van der Waals surface area (Å²) in [7, 11) is 2.05. The Bertz CT molecular complexity index is 825. The molecule has 1 amide bonds. The van der Waals surface area contributed by atoms with Crippen LogP contribution in [0.4, 0.5) is 11.6 Å². The normalized spacial score (nSPS) is 25.9. The van der Waals surface area contributed by atoms with Gasteiger partial charge in [0.15, 0.2) is 0 Å². The number of aromatic nitrogens is 3. The first-order chi connectivity index (χ1) is 11.7. The fraction of sp³-hybridized carbons (Fsp3) is 0.500. The molecule has 1 spiro atoms. The maximum Gasteiger partial charge on any atom is 0.236 e. The molecule has 0 radical (unpaired) electrons. The molecule has 5 rings (SSSR count). The first kappa shape index (κ1) is 14.0. The highest BCUT2D eigenvalue weighted by molar-refractivity contribution is 6.07. The lowest BCUT2D eigenvalue weighted by atomic mass is 9.81. The van der Waals surface area contributed by atoms with Crippen LogP contribution in [0.2, 0.25) is 0 Å². The van der Waals surface area contributed by atoms with Crippen molar-refractivity contribution in [2.24, 2.45) is 7.05 Å². The van der Waals surface area contributed by atoms with Gasteiger partial charge in [-0.15, -0.1) is 10.2 Å². The predicted octanol–water partition coefficient (Wildman–Crippen LogP) is 2.18. The van der Waals surface area contributed by atoms with E-state index in [1.165, 1.54) is 19.3 Å². The highest BCUT2D eigenvalue weighted by Gasteiger charge is 2.51. The number of anilines is 2. The van der Waals surface area contributed by atoms with Crippen LogP contribution < -0.4 is 10.2 Å². The Kier molecular flexibility index (Phi) is 2.81. The SMILES string of the molecule is Cn1c(C2CCC2)nnc1N1CCC2(C1)C(=O)Nc1ccccc12. The maximum absolute atomic E-state index is 12.7. The Labute approximate surface area is 140 Å². The number of benzene rings is 1. The lowest BCUT2D eigenvalue weighted by molar-refractivity contribution is -0.120. The van der Waals surface area contributed by atoms with Gasteiger partial charge < -0.3 is 14.8 Å². The molecule has 2 aliphatic heterocycles. The van der Waals surface area contributed by atoms with Crippen LogP contribution in [0.5, 0.6) is 0 Å². The smallest absolute Gasteiger partial charge is 0.236 e. The number of carbonyl (C=O) groups excluding carboxylic acids is 1. The molecule has 3 heterocycles. The summed E-state index contributed by atoms with van der Waals surface area (Å²) in [5.74, 6) is 2.66. The van der Waals surface area contributed by atoms with Crippen LogP contribution in [0.3, 0.4) is 0 Å². The monoisotopic (exact) mass is 323 g/mol. The second-order valence-corrected chi connectivity index (χ2v) is 7.30. The molecule has 0 bridgehead atoms. The summed E-state index contributed by atoms with van der Waals surface area (Å²) in [6.07, 6.45) is 4.54. The molecular weight excluding hydrogens is 302 g/mol. The third-order valence-electron chi connectivity index (χ3n) is 6.03. The van der Waals surface area contributed by atoms with E-state index < -0.39 is 5.41 Å². The Morgan fingerprint density at radius 3 is 2.88 bits per heavy atom. The molecule has 24 heavy (non-hydrogen) atoms. The van der Waals surface area contributed by atoms with Gasteiger partial charge in [-0.05, 0) is 30.9 Å². The third kappa shape index (κ3) is 1.74. The molecule has 124 valence electrons. The number of nitrogens with zero attached hydrogens (tertiary/aromatic N) is 4. The molecule has 6 nitrogen and oxygen atoms in total. The van der Waals surface area contributed by atoms with Crippen LogP contribution in [0.25, 0.3) is 0 Å². The zero-order chi connectivity index (χ0) is 16.3. The Morgan fingerprint density at radius 1 is 1.25 bits per heavy atom. The van der Waals surface area contributed by atoms with E-state index in [1.807, 2.05) is 18.2 Å². The summed E-state index contributed by atoms with van der Waals surface area (Å²) in [5, 5.41) is 11.9. The van der Waals surface area contributed by atoms with Gasteiger partial charge in [0.25, 0.3) is 0 Å². The fourth-order valence-corrected chi connectivity index (χ4v) is 4.39. The van der Waals surface area contributed by atoms with Crippen molar-refractivity contribution >= 4 is 17.5 Å². The van der Waals surface area contributed by atoms with Crippen LogP contribution in [0.1, 0.15) is 43.0 Å². The van der Waals surface area contributed by atoms with Gasteiger partial charge in [-0.25, -0.2) is 0 Å². The quantitative estimate of drug-likeness (QED) is 0.920. The van der Waals surface area contributed by atoms with E-state index in [0.29, 0.717) is 12.5 Å². The summed E-state index contributed by atoms with van der Waals surface area (Å²) >= 11 is 0. The van der Waals surface area contributed by atoms with E-state index in [1.54, 1.807) is 0 Å². The van der Waals surface area contributed by atoms with Gasteiger partial charge in [-0.1, -0.05) is 24.6 Å². The van der Waals surface area contributed by atoms with Crippen molar-refractivity contribution in [3.8, 4) is 0 Å². The van der Waals surface area contributed by atoms with Crippen LogP contribution in [0.15, 0.2) is 24.3 Å². The average Bonchev–Trinajstić information content (AvgIpc) is 3.19. The summed E-state index contributed by atoms with van der Waals surface area (Å²) in [5.41, 5.74) is 1.63. The van der Waals surface area contributed by atoms with Crippen molar-refractivity contribution in [2.45, 2.75) is 37.0 Å². The first-order valence-electron chi connectivity index (χ1n) is 8.74. The number of fused-ring (bicyclic) bond motifs is 2. The van der Waals surface area contributed by atoms with Gasteiger partial charge in [0.2, 0.25) is 11.9 Å². The largest absolute Gasteiger partial charge is 0.339 e. The van der Waals surface area contributed by atoms with Gasteiger partial charge in [-0.2, -0.15) is 0 Å². The van der Waals surface area contributed by atoms with Gasteiger partial charge >= 0.3 is 0 Å². The van der Waals surface area contributed by atoms with E-state index in [-0.39, 0.29) is 5.91 Å². The molecule has 3 aliphatic rings. The second kappa shape index (κ2) is 4.82. The summed E-state index contributed by atoms with van der Waals surface area (Å²) < 4.78 is 2.13. The molecule has 1 saturated carbocycles. The fourth-order valence-electron chi connectivity index (χ4n) is 4.39. The van der Waals surface area contributed by atoms with Gasteiger partial charge in [0, 0.05) is 31.7 Å². The molecule has 1 saturated heterocycles. The number of para-hydroxylation sites is 1. The summed E-state index contributed by atoms with van der Waals surface area (Å²) in [4.78, 5) is 14.9. The molecule has 1 aromatic carbocycles. The van der Waals surface area contributed by atoms with Crippen molar-refractivity contribution in [2.75, 3.05) is 23.3 Å². The van der Waals surface area contributed by atoms with Crippen molar-refractivity contribution < 1.29 is 4.79 Å². The summed E-state index contributed by atoms with van der Waals surface area (Å²) in [6.45, 7) is 1.50. The molecule has 1 unspecified atom stereocenters. The van der Waals surface area contributed by atoms with E-state index >= 15 is 0 Å². The van der Waals surface area contributed by atoms with Gasteiger partial charge in [-0.3, -0.25) is 4.79 Å². The highest BCUT2D eigenvalue weighted by atomic mass is 16.2. The predicted molar refractivity (Wildman–Crippen MR) is 91.2 cm³/mol. The van der Waals surface area contributed by atoms with Crippen LogP contribution in [0, 0.1) is 0 Å². The minimum absolute atomic E-state index is 0.118. The standard InChI is InChI=1S/C18H21N5O/c1-22-15(12-5-4-6-12)20-21-17(22)23-10-9-18(11-23)13-7-2-3-8-14(13)19-16(18)24/h2-3,7-8,12H,4-6,9-11H2,1H3,(H,19,24). The molecule has 2 aromatic rings. The third-order valence-corrected chi connectivity index (χ3v) is 6.03. The number of nitrogens with one attached hydrogen (secondary N) is 1. The number of carbonyl (C=O) groups is 1. The van der Waals surface area contributed by atoms with Gasteiger partial charge in [0.05, 0.1) is 5.41 Å². The van der Waals surface area contributed by atoms with Crippen molar-refractivity contribution in [3.05, 3.63) is 35.7 Å². The molecule has 1 atom stereocenters. The van der Waals surface area contributed by atoms with Gasteiger partial charge in [0.1, 0.15) is 5.82 Å². The number of amides is 1. The topological polar surface area (TPSA) is 63.1 Å². The van der Waals surface area contributed by atoms with Crippen molar-refractivity contribution in [1.82, 2.24) is 14.8 Å². The van der Waals surface area contributed by atoms with E-state index in [0.717, 1.165) is 36.0 Å². The van der Waals surface area contributed by atoms with Crippen molar-refractivity contribution in [3.63, 3.8) is 0 Å². The highest BCUT2D eigenvalue weighted by Crippen LogP contribution is 2.45. The minimum atomic E-state index is -0.445. The van der Waals surface area contributed by atoms with Crippen LogP contribution >= 0.6 is 0 Å². The summed E-state index contributed by atoms with van der Waals surface area (Å²) in [6, 6.07) is 8.05. The Hall–Kier alpha value is -2.37. The first-order valence-corrected chi connectivity index (χ1v) is 8.74. The van der Waals surface area contributed by atoms with E-state index in [4.69, 9.17) is 0 Å². The van der Waals surface area contributed by atoms with Crippen LogP contribution in [-0.4, -0.2) is 33.8 Å². The Morgan fingerprint density at radius 2 is 2.08 bits per heavy atom. The Balaban J connectivity index is 1.47. The lowest BCUT2D eigenvalue weighted by Gasteiger charge is -2.25. The van der Waals surface area contributed by atoms with E-state index in [2.05, 4.69) is 38.1 Å². The molecule has 1 aliphatic carbocycles. The minimum Gasteiger partial charge on any atom is -0.339 e. The van der Waals surface area contributed by atoms with Crippen molar-refractivity contribution in [1.29, 1.82) is 0 Å². The zero-order valence-electron chi connectivity index (χ0n) is 13.8. The molecule has 1 aromatic heterocycles. The molecular formula is C18H21N5O. The molecule has 6 heteroatoms. The average molecular weight is 323 g/mol. The number of rotatable bonds is 2. The molecule has 1 N–H and O–H groups in total. The number of hydrogen-bond acceptors (Lipinski definition) is 4.